The van der Waals surface area contributed by atoms with Crippen molar-refractivity contribution in [3.05, 3.63) is 0 Å². The largest absolute Gasteiger partial charge is 0.481 e. The maximum absolute atomic E-state index is 11.7. The summed E-state index contributed by atoms with van der Waals surface area (Å²) in [6, 6.07) is 0. The van der Waals surface area contributed by atoms with Crippen LogP contribution in [-0.4, -0.2) is 58.9 Å². The summed E-state index contributed by atoms with van der Waals surface area (Å²) < 4.78 is 0. The van der Waals surface area contributed by atoms with Gasteiger partial charge in [0, 0.05) is 18.8 Å². The molecule has 1 unspecified atom stereocenters. The molecule has 1 atom stereocenters. The number of likely N-dealkylation sites (N-methyl/N-ethyl adjacent to an activating group) is 1. The summed E-state index contributed by atoms with van der Waals surface area (Å²) in [7, 11) is 1.57. The number of hydrogen-bond acceptors (Lipinski definition) is 4. The summed E-state index contributed by atoms with van der Waals surface area (Å²) >= 11 is 1.28. The van der Waals surface area contributed by atoms with Crippen LogP contribution >= 0.6 is 11.8 Å². The molecule has 7 heteroatoms. The van der Waals surface area contributed by atoms with Crippen LogP contribution in [0.1, 0.15) is 26.7 Å². The van der Waals surface area contributed by atoms with Crippen molar-refractivity contribution in [1.29, 1.82) is 0 Å². The van der Waals surface area contributed by atoms with E-state index in [4.69, 9.17) is 5.11 Å². The molecule has 0 bridgehead atoms. The predicted molar refractivity (Wildman–Crippen MR) is 75.1 cm³/mol. The molecule has 0 heterocycles. The van der Waals surface area contributed by atoms with E-state index in [0.717, 1.165) is 6.42 Å². The van der Waals surface area contributed by atoms with Crippen molar-refractivity contribution >= 4 is 29.5 Å². The highest BCUT2D eigenvalue weighted by atomic mass is 32.2. The van der Waals surface area contributed by atoms with Gasteiger partial charge in [-0.1, -0.05) is 13.8 Å². The Labute approximate surface area is 117 Å². The van der Waals surface area contributed by atoms with Gasteiger partial charge >= 0.3 is 5.97 Å². The summed E-state index contributed by atoms with van der Waals surface area (Å²) in [6.45, 7) is 4.35. The molecule has 6 nitrogen and oxygen atoms in total. The SMILES string of the molecule is CCCNC(=O)CN(C)C(=O)CSC(C)CC(=O)O. The minimum atomic E-state index is -0.875. The van der Waals surface area contributed by atoms with Crippen molar-refractivity contribution in [2.45, 2.75) is 31.9 Å². The highest BCUT2D eigenvalue weighted by molar-refractivity contribution is 8.00. The molecule has 0 aromatic carbocycles. The zero-order valence-electron chi connectivity index (χ0n) is 11.6. The van der Waals surface area contributed by atoms with Crippen molar-refractivity contribution in [3.63, 3.8) is 0 Å². The van der Waals surface area contributed by atoms with Gasteiger partial charge in [-0.15, -0.1) is 11.8 Å². The highest BCUT2D eigenvalue weighted by Crippen LogP contribution is 2.14. The zero-order chi connectivity index (χ0) is 14.8. The van der Waals surface area contributed by atoms with Crippen LogP contribution in [-0.2, 0) is 14.4 Å². The fourth-order valence-electron chi connectivity index (χ4n) is 1.25. The molecule has 0 fully saturated rings. The first-order valence-corrected chi connectivity index (χ1v) is 7.25. The van der Waals surface area contributed by atoms with E-state index < -0.39 is 5.97 Å². The molecular weight excluding hydrogens is 268 g/mol. The fourth-order valence-corrected chi connectivity index (χ4v) is 2.16. The predicted octanol–water partition coefficient (Wildman–Crippen LogP) is 0.567. The molecule has 0 aromatic heterocycles. The molecule has 0 aliphatic rings. The maximum atomic E-state index is 11.7. The molecule has 0 aliphatic heterocycles. The number of carboxylic acids is 1. The molecule has 0 aliphatic carbocycles. The number of carbonyl (C=O) groups excluding carboxylic acids is 2. The Kier molecular flexibility index (Phi) is 9.03. The number of hydrogen-bond donors (Lipinski definition) is 2. The van der Waals surface area contributed by atoms with E-state index in [9.17, 15) is 14.4 Å². The van der Waals surface area contributed by atoms with Gasteiger partial charge in [0.25, 0.3) is 0 Å². The molecule has 0 saturated carbocycles. The van der Waals surface area contributed by atoms with Crippen molar-refractivity contribution in [2.75, 3.05) is 25.9 Å². The average Bonchev–Trinajstić information content (AvgIpc) is 2.32. The lowest BCUT2D eigenvalue weighted by Crippen LogP contribution is -2.39. The smallest absolute Gasteiger partial charge is 0.304 e. The van der Waals surface area contributed by atoms with Crippen molar-refractivity contribution in [3.8, 4) is 0 Å². The molecule has 19 heavy (non-hydrogen) atoms. The third kappa shape index (κ3) is 9.35. The minimum Gasteiger partial charge on any atom is -0.481 e. The lowest BCUT2D eigenvalue weighted by Gasteiger charge is -2.17. The third-order valence-electron chi connectivity index (χ3n) is 2.33. The maximum Gasteiger partial charge on any atom is 0.304 e. The molecule has 0 rings (SSSR count). The van der Waals surface area contributed by atoms with Gasteiger partial charge in [-0.25, -0.2) is 0 Å². The van der Waals surface area contributed by atoms with E-state index in [1.165, 1.54) is 16.7 Å². The van der Waals surface area contributed by atoms with Crippen LogP contribution in [0, 0.1) is 0 Å². The minimum absolute atomic E-state index is 0.0264. The topological polar surface area (TPSA) is 86.7 Å². The lowest BCUT2D eigenvalue weighted by molar-refractivity contribution is -0.137. The quantitative estimate of drug-likeness (QED) is 0.648. The van der Waals surface area contributed by atoms with Gasteiger partial charge in [0.05, 0.1) is 18.7 Å². The Morgan fingerprint density at radius 2 is 2.00 bits per heavy atom. The van der Waals surface area contributed by atoms with E-state index >= 15 is 0 Å². The summed E-state index contributed by atoms with van der Waals surface area (Å²) in [5, 5.41) is 11.2. The van der Waals surface area contributed by atoms with Gasteiger partial charge in [0.15, 0.2) is 0 Å². The number of rotatable bonds is 9. The number of carboxylic acid groups (broad SMARTS) is 1. The first-order chi connectivity index (χ1) is 8.86. The second-order valence-corrected chi connectivity index (χ2v) is 5.75. The lowest BCUT2D eigenvalue weighted by atomic mass is 10.3. The molecular formula is C12H22N2O4S. The standard InChI is InChI=1S/C12H22N2O4S/c1-4-5-13-10(15)7-14(3)11(16)8-19-9(2)6-12(17)18/h9H,4-8H2,1-3H3,(H,13,15)(H,17,18). The van der Waals surface area contributed by atoms with Gasteiger partial charge in [-0.3, -0.25) is 14.4 Å². The van der Waals surface area contributed by atoms with Crippen LogP contribution in [0.2, 0.25) is 0 Å². The van der Waals surface area contributed by atoms with Crippen LogP contribution in [0.25, 0.3) is 0 Å². The number of nitrogens with one attached hydrogen (secondary N) is 1. The van der Waals surface area contributed by atoms with Crippen LogP contribution in [0.4, 0.5) is 0 Å². The van der Waals surface area contributed by atoms with Crippen molar-refractivity contribution < 1.29 is 19.5 Å². The van der Waals surface area contributed by atoms with Gasteiger partial charge in [0.2, 0.25) is 11.8 Å². The van der Waals surface area contributed by atoms with Crippen LogP contribution < -0.4 is 5.32 Å². The van der Waals surface area contributed by atoms with Crippen LogP contribution in [0.15, 0.2) is 0 Å². The molecule has 0 radical (unpaired) electrons. The number of aliphatic carboxylic acids is 1. The second kappa shape index (κ2) is 9.66. The Morgan fingerprint density at radius 3 is 2.53 bits per heavy atom. The first-order valence-electron chi connectivity index (χ1n) is 6.20. The van der Waals surface area contributed by atoms with Crippen molar-refractivity contribution in [2.24, 2.45) is 0 Å². The van der Waals surface area contributed by atoms with Crippen LogP contribution in [0.3, 0.4) is 0 Å². The molecule has 0 spiro atoms. The van der Waals surface area contributed by atoms with Gasteiger partial charge in [-0.2, -0.15) is 0 Å². The highest BCUT2D eigenvalue weighted by Gasteiger charge is 2.15. The van der Waals surface area contributed by atoms with Gasteiger partial charge in [-0.05, 0) is 6.42 Å². The summed E-state index contributed by atoms with van der Waals surface area (Å²) in [5.74, 6) is -1.04. The number of carbonyl (C=O) groups is 3. The van der Waals surface area contributed by atoms with E-state index in [1.807, 2.05) is 6.92 Å². The number of nitrogens with zero attached hydrogens (tertiary/aromatic N) is 1. The monoisotopic (exact) mass is 290 g/mol. The number of thioether (sulfide) groups is 1. The number of amides is 2. The summed E-state index contributed by atoms with van der Waals surface area (Å²) in [5.41, 5.74) is 0. The Hall–Kier alpha value is -1.24. The molecule has 2 amide bonds. The molecule has 110 valence electrons. The first kappa shape index (κ1) is 17.8. The van der Waals surface area contributed by atoms with Gasteiger partial charge in [0.1, 0.15) is 0 Å². The Bertz CT molecular complexity index is 323. The van der Waals surface area contributed by atoms with Crippen LogP contribution in [0.5, 0.6) is 0 Å². The van der Waals surface area contributed by atoms with E-state index in [2.05, 4.69) is 5.32 Å². The third-order valence-corrected chi connectivity index (χ3v) is 3.48. The average molecular weight is 290 g/mol. The Balaban J connectivity index is 3.93. The van der Waals surface area contributed by atoms with E-state index in [1.54, 1.807) is 14.0 Å². The van der Waals surface area contributed by atoms with E-state index in [-0.39, 0.29) is 35.8 Å². The second-order valence-electron chi connectivity index (χ2n) is 4.32. The zero-order valence-corrected chi connectivity index (χ0v) is 12.5. The van der Waals surface area contributed by atoms with Gasteiger partial charge < -0.3 is 15.3 Å². The molecule has 0 aromatic rings. The Morgan fingerprint density at radius 1 is 1.37 bits per heavy atom. The molecule has 0 saturated heterocycles. The summed E-state index contributed by atoms with van der Waals surface area (Å²) in [6.07, 6.45) is 0.880. The normalized spacial score (nSPS) is 11.7. The van der Waals surface area contributed by atoms with E-state index in [0.29, 0.717) is 6.54 Å². The molecule has 2 N–H and O–H groups in total. The fraction of sp³-hybridized carbons (Fsp3) is 0.750. The summed E-state index contributed by atoms with van der Waals surface area (Å²) in [4.78, 5) is 35.0. The van der Waals surface area contributed by atoms with Crippen molar-refractivity contribution in [1.82, 2.24) is 10.2 Å².